The molecule has 1 aliphatic rings. The summed E-state index contributed by atoms with van der Waals surface area (Å²) in [6.07, 6.45) is -2.06. The van der Waals surface area contributed by atoms with Crippen LogP contribution in [-0.4, -0.2) is 56.8 Å². The number of carbonyl (C=O) groups is 2. The first kappa shape index (κ1) is 34.2. The zero-order chi connectivity index (χ0) is 32.9. The number of alkyl halides is 3. The fraction of sp³-hybridized carbons (Fsp3) is 0.467. The molecule has 1 amide bonds. The molecule has 45 heavy (non-hydrogen) atoms. The molecule has 2 aromatic heterocycles. The number of sulfone groups is 1. The highest BCUT2D eigenvalue weighted by Crippen LogP contribution is 2.41. The summed E-state index contributed by atoms with van der Waals surface area (Å²) in [7, 11) is -1.70. The lowest BCUT2D eigenvalue weighted by Gasteiger charge is -2.20. The largest absolute Gasteiger partial charge is 0.493 e. The van der Waals surface area contributed by atoms with Crippen LogP contribution in [0, 0.1) is 5.92 Å². The van der Waals surface area contributed by atoms with Crippen molar-refractivity contribution in [3.8, 4) is 22.8 Å². The van der Waals surface area contributed by atoms with Crippen LogP contribution in [0.15, 0.2) is 29.4 Å². The summed E-state index contributed by atoms with van der Waals surface area (Å²) in [6, 6.07) is 4.89. The van der Waals surface area contributed by atoms with Crippen LogP contribution in [0.1, 0.15) is 66.0 Å². The molecule has 0 bridgehead atoms. The number of carbonyl (C=O) groups excluding carboxylic acids is 2. The Morgan fingerprint density at radius 3 is 2.47 bits per heavy atom. The summed E-state index contributed by atoms with van der Waals surface area (Å²) in [5, 5.41) is 2.07. The van der Waals surface area contributed by atoms with E-state index in [1.807, 2.05) is 0 Å². The Hall–Kier alpha value is -3.72. The highest BCUT2D eigenvalue weighted by atomic mass is 32.2. The zero-order valence-corrected chi connectivity index (χ0v) is 26.9. The molecule has 0 saturated heterocycles. The van der Waals surface area contributed by atoms with Gasteiger partial charge in [0, 0.05) is 16.9 Å². The topological polar surface area (TPSA) is 134 Å². The Morgan fingerprint density at radius 2 is 1.82 bits per heavy atom. The number of rotatable bonds is 12. The Kier molecular flexibility index (Phi) is 10.7. The van der Waals surface area contributed by atoms with E-state index in [0.29, 0.717) is 34.7 Å². The predicted octanol–water partition coefficient (Wildman–Crippen LogP) is 6.13. The first-order valence-electron chi connectivity index (χ1n) is 14.3. The SMILES string of the molecule is CCOC(=O)c1c(NC(=O)CCCS(=O)(=O)c2nc(-c3ccc(OC)c(OC)c3)cc(C(F)(F)F)n2)sc2c1CCC(CC)C2. The predicted molar refractivity (Wildman–Crippen MR) is 162 cm³/mol. The Balaban J connectivity index is 1.52. The highest BCUT2D eigenvalue weighted by Gasteiger charge is 2.36. The molecule has 4 rings (SSSR count). The normalized spacial score (nSPS) is 14.9. The van der Waals surface area contributed by atoms with E-state index >= 15 is 0 Å². The van der Waals surface area contributed by atoms with Gasteiger partial charge in [0.05, 0.1) is 37.8 Å². The van der Waals surface area contributed by atoms with Crippen molar-refractivity contribution in [2.24, 2.45) is 5.92 Å². The first-order chi connectivity index (χ1) is 21.3. The zero-order valence-electron chi connectivity index (χ0n) is 25.2. The van der Waals surface area contributed by atoms with E-state index < -0.39 is 44.5 Å². The van der Waals surface area contributed by atoms with E-state index in [2.05, 4.69) is 22.2 Å². The fourth-order valence-electron chi connectivity index (χ4n) is 5.07. The molecule has 0 fully saturated rings. The van der Waals surface area contributed by atoms with Gasteiger partial charge in [-0.3, -0.25) is 4.79 Å². The van der Waals surface area contributed by atoms with Crippen molar-refractivity contribution >= 4 is 38.1 Å². The van der Waals surface area contributed by atoms with Crippen LogP contribution in [0.3, 0.4) is 0 Å². The molecule has 10 nitrogen and oxygen atoms in total. The monoisotopic (exact) mass is 669 g/mol. The number of thiophene rings is 1. The summed E-state index contributed by atoms with van der Waals surface area (Å²) in [4.78, 5) is 33.9. The molecular weight excluding hydrogens is 635 g/mol. The number of hydrogen-bond acceptors (Lipinski definition) is 10. The van der Waals surface area contributed by atoms with Gasteiger partial charge in [0.1, 0.15) is 10.7 Å². The van der Waals surface area contributed by atoms with Crippen molar-refractivity contribution < 1.29 is 45.4 Å². The van der Waals surface area contributed by atoms with Crippen molar-refractivity contribution in [1.82, 2.24) is 9.97 Å². The van der Waals surface area contributed by atoms with Gasteiger partial charge in [-0.25, -0.2) is 23.2 Å². The van der Waals surface area contributed by atoms with Crippen molar-refractivity contribution in [2.75, 3.05) is 31.9 Å². The minimum atomic E-state index is -4.95. The summed E-state index contributed by atoms with van der Waals surface area (Å²) >= 11 is 1.31. The van der Waals surface area contributed by atoms with Crippen LogP contribution in [-0.2, 0) is 38.4 Å². The van der Waals surface area contributed by atoms with Gasteiger partial charge in [-0.2, -0.15) is 13.2 Å². The maximum Gasteiger partial charge on any atom is 0.433 e. The van der Waals surface area contributed by atoms with Crippen LogP contribution in [0.2, 0.25) is 0 Å². The highest BCUT2D eigenvalue weighted by molar-refractivity contribution is 7.91. The minimum Gasteiger partial charge on any atom is -0.493 e. The summed E-state index contributed by atoms with van der Waals surface area (Å²) in [6.45, 7) is 3.96. The van der Waals surface area contributed by atoms with Crippen molar-refractivity contribution in [3.63, 3.8) is 0 Å². The number of esters is 1. The molecule has 1 aliphatic carbocycles. The average Bonchev–Trinajstić information content (AvgIpc) is 3.36. The van der Waals surface area contributed by atoms with Crippen molar-refractivity contribution in [2.45, 2.75) is 63.7 Å². The number of benzene rings is 1. The minimum absolute atomic E-state index is 0.151. The van der Waals surface area contributed by atoms with Crippen LogP contribution in [0.5, 0.6) is 11.5 Å². The third-order valence-corrected chi connectivity index (χ3v) is 10.2. The van der Waals surface area contributed by atoms with Crippen LogP contribution < -0.4 is 14.8 Å². The number of amides is 1. The number of methoxy groups -OCH3 is 2. The summed E-state index contributed by atoms with van der Waals surface area (Å²) in [5.74, 6) is -0.755. The van der Waals surface area contributed by atoms with Gasteiger partial charge in [0.2, 0.25) is 20.9 Å². The van der Waals surface area contributed by atoms with Gasteiger partial charge in [0.25, 0.3) is 0 Å². The molecule has 244 valence electrons. The number of ether oxygens (including phenoxy) is 3. The number of halogens is 3. The molecule has 1 unspecified atom stereocenters. The number of hydrogen-bond donors (Lipinski definition) is 1. The van der Waals surface area contributed by atoms with Crippen molar-refractivity contribution in [3.05, 3.63) is 46.0 Å². The molecule has 0 aliphatic heterocycles. The average molecular weight is 670 g/mol. The Bertz CT molecular complexity index is 1670. The lowest BCUT2D eigenvalue weighted by molar-refractivity contribution is -0.141. The fourth-order valence-corrected chi connectivity index (χ4v) is 7.61. The number of aromatic nitrogens is 2. The van der Waals surface area contributed by atoms with Crippen LogP contribution in [0.25, 0.3) is 11.3 Å². The second-order valence-corrected chi connectivity index (χ2v) is 13.5. The molecule has 2 heterocycles. The van der Waals surface area contributed by atoms with Crippen molar-refractivity contribution in [1.29, 1.82) is 0 Å². The Morgan fingerprint density at radius 1 is 1.09 bits per heavy atom. The van der Waals surface area contributed by atoms with Gasteiger partial charge in [-0.1, -0.05) is 13.3 Å². The number of nitrogens with zero attached hydrogens (tertiary/aromatic N) is 2. The second-order valence-electron chi connectivity index (χ2n) is 10.4. The quantitative estimate of drug-likeness (QED) is 0.179. The van der Waals surface area contributed by atoms with E-state index in [1.165, 1.54) is 43.8 Å². The number of fused-ring (bicyclic) bond motifs is 1. The van der Waals surface area contributed by atoms with E-state index in [0.717, 1.165) is 29.7 Å². The van der Waals surface area contributed by atoms with E-state index in [1.54, 1.807) is 6.92 Å². The maximum absolute atomic E-state index is 13.7. The summed E-state index contributed by atoms with van der Waals surface area (Å²) in [5.41, 5.74) is -0.372. The lowest BCUT2D eigenvalue weighted by atomic mass is 9.85. The molecule has 1 atom stereocenters. The molecule has 15 heteroatoms. The van der Waals surface area contributed by atoms with E-state index in [-0.39, 0.29) is 36.5 Å². The molecule has 0 radical (unpaired) electrons. The van der Waals surface area contributed by atoms with Gasteiger partial charge in [-0.05, 0) is 68.4 Å². The second kappa shape index (κ2) is 14.1. The standard InChI is InChI=1S/C30H34F3N3O7S2/c1-5-17-9-11-19-23(14-17)44-27(26(19)28(38)43-6-2)36-25(37)8-7-13-45(39,40)29-34-20(16-24(35-29)30(31,32)33)18-10-12-21(41-3)22(15-18)42-4/h10,12,15-17H,5-9,11,13-14H2,1-4H3,(H,36,37). The van der Waals surface area contributed by atoms with Gasteiger partial charge in [-0.15, -0.1) is 11.3 Å². The molecular formula is C30H34F3N3O7S2. The molecule has 1 N–H and O–H groups in total. The van der Waals surface area contributed by atoms with Gasteiger partial charge in [0.15, 0.2) is 11.5 Å². The summed E-state index contributed by atoms with van der Waals surface area (Å²) < 4.78 is 83.1. The first-order valence-corrected chi connectivity index (χ1v) is 16.8. The smallest absolute Gasteiger partial charge is 0.433 e. The molecule has 0 saturated carbocycles. The van der Waals surface area contributed by atoms with Gasteiger partial charge >= 0.3 is 12.1 Å². The molecule has 1 aromatic carbocycles. The van der Waals surface area contributed by atoms with Gasteiger partial charge < -0.3 is 19.5 Å². The third-order valence-electron chi connectivity index (χ3n) is 7.45. The maximum atomic E-state index is 13.7. The lowest BCUT2D eigenvalue weighted by Crippen LogP contribution is -2.19. The van der Waals surface area contributed by atoms with Crippen LogP contribution in [0.4, 0.5) is 18.2 Å². The van der Waals surface area contributed by atoms with Crippen LogP contribution >= 0.6 is 11.3 Å². The Labute approximate surface area is 263 Å². The van der Waals surface area contributed by atoms with E-state index in [4.69, 9.17) is 14.2 Å². The molecule has 0 spiro atoms. The molecule has 3 aromatic rings. The third kappa shape index (κ3) is 7.93. The number of nitrogens with one attached hydrogen (secondary N) is 1. The number of anilines is 1. The van der Waals surface area contributed by atoms with E-state index in [9.17, 15) is 31.2 Å².